The van der Waals surface area contributed by atoms with Gasteiger partial charge in [0.15, 0.2) is 11.6 Å². The number of nitrogens with zero attached hydrogens (tertiary/aromatic N) is 3. The molecule has 3 aromatic rings. The number of phenolic OH excluding ortho intramolecular Hbond substituents is 1. The molecule has 144 valence electrons. The fraction of sp³-hybridized carbons (Fsp3) is 0.211. The van der Waals surface area contributed by atoms with Gasteiger partial charge >= 0.3 is 0 Å². The second kappa shape index (κ2) is 6.88. The fourth-order valence-electron chi connectivity index (χ4n) is 3.21. The third-order valence-electron chi connectivity index (χ3n) is 4.78. The first kappa shape index (κ1) is 18.4. The number of benzene rings is 2. The van der Waals surface area contributed by atoms with Crippen LogP contribution in [0, 0.1) is 5.82 Å². The molecule has 0 spiro atoms. The first-order valence-corrected chi connectivity index (χ1v) is 8.79. The Kier molecular flexibility index (Phi) is 4.52. The molecule has 1 atom stereocenters. The number of phenols is 1. The normalized spacial score (nSPS) is 19.4. The first-order valence-electron chi connectivity index (χ1n) is 8.42. The number of carbonyl (C=O) groups is 1. The Bertz CT molecular complexity index is 1040. The van der Waals surface area contributed by atoms with Gasteiger partial charge in [0.25, 0.3) is 0 Å². The van der Waals surface area contributed by atoms with E-state index in [9.17, 15) is 19.4 Å². The van der Waals surface area contributed by atoms with Gasteiger partial charge in [-0.3, -0.25) is 4.79 Å². The lowest BCUT2D eigenvalue weighted by atomic mass is 9.88. The summed E-state index contributed by atoms with van der Waals surface area (Å²) in [6, 6.07) is 10.5. The van der Waals surface area contributed by atoms with Crippen LogP contribution in [0.5, 0.6) is 5.75 Å². The highest BCUT2D eigenvalue weighted by molar-refractivity contribution is 6.30. The topological polar surface area (TPSA) is 99.7 Å². The van der Waals surface area contributed by atoms with E-state index in [0.29, 0.717) is 16.3 Å². The van der Waals surface area contributed by atoms with Gasteiger partial charge in [0.2, 0.25) is 17.6 Å². The van der Waals surface area contributed by atoms with Crippen LogP contribution in [0.2, 0.25) is 5.02 Å². The number of aromatic hydroxyl groups is 1. The highest BCUT2D eigenvalue weighted by Gasteiger charge is 2.49. The summed E-state index contributed by atoms with van der Waals surface area (Å²) in [5.41, 5.74) is -0.125. The first-order chi connectivity index (χ1) is 13.4. The largest absolute Gasteiger partial charge is 0.505 e. The van der Waals surface area contributed by atoms with E-state index in [1.807, 2.05) is 0 Å². The minimum Gasteiger partial charge on any atom is -0.505 e. The summed E-state index contributed by atoms with van der Waals surface area (Å²) in [5.74, 6) is -1.32. The molecule has 1 aromatic heterocycles. The van der Waals surface area contributed by atoms with Gasteiger partial charge in [-0.25, -0.2) is 4.39 Å². The van der Waals surface area contributed by atoms with Gasteiger partial charge < -0.3 is 19.6 Å². The predicted molar refractivity (Wildman–Crippen MR) is 98.5 cm³/mol. The van der Waals surface area contributed by atoms with Crippen molar-refractivity contribution in [3.63, 3.8) is 0 Å². The summed E-state index contributed by atoms with van der Waals surface area (Å²) in [6.07, 6.45) is -0.0162. The average molecular weight is 404 g/mol. The number of amides is 1. The van der Waals surface area contributed by atoms with Crippen LogP contribution in [0.4, 0.5) is 10.1 Å². The summed E-state index contributed by atoms with van der Waals surface area (Å²) in [5, 5.41) is 23.7. The molecule has 7 nitrogen and oxygen atoms in total. The highest BCUT2D eigenvalue weighted by atomic mass is 35.5. The van der Waals surface area contributed by atoms with Gasteiger partial charge in [-0.1, -0.05) is 16.8 Å². The fourth-order valence-corrected chi connectivity index (χ4v) is 3.33. The van der Waals surface area contributed by atoms with Gasteiger partial charge in [0.05, 0.1) is 12.0 Å². The Hall–Kier alpha value is -2.97. The summed E-state index contributed by atoms with van der Waals surface area (Å²) >= 11 is 5.90. The van der Waals surface area contributed by atoms with Gasteiger partial charge in [0.1, 0.15) is 0 Å². The van der Waals surface area contributed by atoms with Crippen molar-refractivity contribution >= 4 is 23.2 Å². The maximum atomic E-state index is 13.6. The molecule has 2 N–H and O–H groups in total. The van der Waals surface area contributed by atoms with E-state index < -0.39 is 17.0 Å². The van der Waals surface area contributed by atoms with Crippen LogP contribution in [0.1, 0.15) is 12.3 Å². The maximum Gasteiger partial charge on any atom is 0.237 e. The molecular formula is C19H15ClFN3O4. The van der Waals surface area contributed by atoms with Crippen molar-refractivity contribution < 1.29 is 23.9 Å². The molecule has 0 radical (unpaired) electrons. The van der Waals surface area contributed by atoms with Crippen molar-refractivity contribution in [2.75, 3.05) is 18.1 Å². The summed E-state index contributed by atoms with van der Waals surface area (Å²) in [6.45, 7) is -0.232. The molecule has 1 fully saturated rings. The average Bonchev–Trinajstić information content (AvgIpc) is 3.30. The van der Waals surface area contributed by atoms with Crippen LogP contribution in [-0.2, 0) is 10.2 Å². The number of rotatable bonds is 4. The number of halogens is 2. The maximum absolute atomic E-state index is 13.6. The van der Waals surface area contributed by atoms with Crippen LogP contribution in [0.25, 0.3) is 11.4 Å². The molecule has 1 aliphatic rings. The lowest BCUT2D eigenvalue weighted by Crippen LogP contribution is -2.35. The van der Waals surface area contributed by atoms with Crippen molar-refractivity contribution in [1.29, 1.82) is 0 Å². The number of hydrogen-bond acceptors (Lipinski definition) is 6. The predicted octanol–water partition coefficient (Wildman–Crippen LogP) is 2.90. The second-order valence-electron chi connectivity index (χ2n) is 6.66. The molecule has 2 aromatic carbocycles. The molecule has 9 heteroatoms. The van der Waals surface area contributed by atoms with Crippen molar-refractivity contribution in [1.82, 2.24) is 10.1 Å². The van der Waals surface area contributed by atoms with E-state index in [2.05, 4.69) is 10.1 Å². The van der Waals surface area contributed by atoms with E-state index in [1.165, 1.54) is 17.0 Å². The summed E-state index contributed by atoms with van der Waals surface area (Å²) in [4.78, 5) is 18.4. The SMILES string of the molecule is O=C1CC(CO)(c2nc(-c3ccc(O)c(F)c3)no2)CN1c1ccc(Cl)cc1. The van der Waals surface area contributed by atoms with E-state index in [4.69, 9.17) is 16.1 Å². The third kappa shape index (κ3) is 3.10. The zero-order valence-electron chi connectivity index (χ0n) is 14.5. The van der Waals surface area contributed by atoms with Gasteiger partial charge in [-0.05, 0) is 42.5 Å². The van der Waals surface area contributed by atoms with Crippen LogP contribution in [0.15, 0.2) is 47.0 Å². The molecule has 1 saturated heterocycles. The Morgan fingerprint density at radius 2 is 2.00 bits per heavy atom. The Morgan fingerprint density at radius 3 is 2.68 bits per heavy atom. The molecule has 2 heterocycles. The summed E-state index contributed by atoms with van der Waals surface area (Å²) < 4.78 is 18.9. The Labute approximate surface area is 164 Å². The monoisotopic (exact) mass is 403 g/mol. The molecule has 1 amide bonds. The van der Waals surface area contributed by atoms with Gasteiger partial charge in [-0.2, -0.15) is 4.98 Å². The second-order valence-corrected chi connectivity index (χ2v) is 7.10. The molecular weight excluding hydrogens is 389 g/mol. The Morgan fingerprint density at radius 1 is 1.25 bits per heavy atom. The number of aliphatic hydroxyl groups is 1. The molecule has 4 rings (SSSR count). The van der Waals surface area contributed by atoms with Crippen LogP contribution >= 0.6 is 11.6 Å². The van der Waals surface area contributed by atoms with Crippen LogP contribution in [-0.4, -0.2) is 39.4 Å². The van der Waals surface area contributed by atoms with Crippen LogP contribution < -0.4 is 4.90 Å². The minimum atomic E-state index is -1.07. The van der Waals surface area contributed by atoms with E-state index in [0.717, 1.165) is 6.07 Å². The lowest BCUT2D eigenvalue weighted by molar-refractivity contribution is -0.117. The molecule has 0 saturated carbocycles. The molecule has 0 bridgehead atoms. The lowest BCUT2D eigenvalue weighted by Gasteiger charge is -2.22. The molecule has 1 aliphatic heterocycles. The van der Waals surface area contributed by atoms with Crippen molar-refractivity contribution in [3.8, 4) is 17.1 Å². The number of hydrogen-bond donors (Lipinski definition) is 2. The van der Waals surface area contributed by atoms with Crippen molar-refractivity contribution in [2.45, 2.75) is 11.8 Å². The van der Waals surface area contributed by atoms with E-state index in [1.54, 1.807) is 24.3 Å². The summed E-state index contributed by atoms with van der Waals surface area (Å²) in [7, 11) is 0. The molecule has 1 unspecified atom stereocenters. The third-order valence-corrected chi connectivity index (χ3v) is 5.03. The van der Waals surface area contributed by atoms with E-state index >= 15 is 0 Å². The highest BCUT2D eigenvalue weighted by Crippen LogP contribution is 2.37. The zero-order chi connectivity index (χ0) is 19.9. The standard InChI is InChI=1S/C19H15ClFN3O4/c20-12-2-4-13(5-3-12)24-9-19(10-25,8-16(24)27)18-22-17(23-28-18)11-1-6-15(26)14(21)7-11/h1-7,25-26H,8-10H2. The molecule has 28 heavy (non-hydrogen) atoms. The minimum absolute atomic E-state index is 0.0162. The van der Waals surface area contributed by atoms with Crippen molar-refractivity contribution in [3.05, 3.63) is 59.2 Å². The number of anilines is 1. The number of aromatic nitrogens is 2. The van der Waals surface area contributed by atoms with Gasteiger partial charge in [0, 0.05) is 29.2 Å². The number of aliphatic hydroxyl groups excluding tert-OH is 1. The van der Waals surface area contributed by atoms with E-state index in [-0.39, 0.29) is 37.2 Å². The quantitative estimate of drug-likeness (QED) is 0.694. The smallest absolute Gasteiger partial charge is 0.237 e. The Balaban J connectivity index is 1.65. The van der Waals surface area contributed by atoms with Crippen molar-refractivity contribution in [2.24, 2.45) is 0 Å². The van der Waals surface area contributed by atoms with Gasteiger partial charge in [-0.15, -0.1) is 0 Å². The number of carbonyl (C=O) groups excluding carboxylic acids is 1. The van der Waals surface area contributed by atoms with Crippen LogP contribution in [0.3, 0.4) is 0 Å². The zero-order valence-corrected chi connectivity index (χ0v) is 15.2. The molecule has 0 aliphatic carbocycles.